The number of carboxylic acid groups (broad SMARTS) is 1. The Morgan fingerprint density at radius 3 is 2.63 bits per heavy atom. The van der Waals surface area contributed by atoms with Gasteiger partial charge in [0, 0.05) is 25.2 Å². The third-order valence-corrected chi connectivity index (χ3v) is 3.82. The summed E-state index contributed by atoms with van der Waals surface area (Å²) in [5.74, 6) is 0.552. The van der Waals surface area contributed by atoms with Gasteiger partial charge >= 0.3 is 5.97 Å². The Morgan fingerprint density at radius 2 is 2.11 bits per heavy atom. The lowest BCUT2D eigenvalue weighted by molar-refractivity contribution is -0.138. The summed E-state index contributed by atoms with van der Waals surface area (Å²) in [4.78, 5) is 13.0. The third-order valence-electron chi connectivity index (χ3n) is 3.82. The zero-order valence-corrected chi connectivity index (χ0v) is 11.6. The summed E-state index contributed by atoms with van der Waals surface area (Å²) >= 11 is 0. The molecule has 1 aromatic rings. The van der Waals surface area contributed by atoms with E-state index in [1.807, 2.05) is 13.0 Å². The van der Waals surface area contributed by atoms with Gasteiger partial charge in [-0.3, -0.25) is 4.79 Å². The fraction of sp³-hybridized carbons (Fsp3) is 0.533. The molecule has 0 saturated carbocycles. The van der Waals surface area contributed by atoms with E-state index < -0.39 is 5.97 Å². The lowest BCUT2D eigenvalue weighted by atomic mass is 9.93. The van der Waals surface area contributed by atoms with Crippen molar-refractivity contribution in [2.24, 2.45) is 5.92 Å². The Morgan fingerprint density at radius 1 is 1.42 bits per heavy atom. The van der Waals surface area contributed by atoms with Gasteiger partial charge in [0.05, 0.1) is 7.11 Å². The zero-order chi connectivity index (χ0) is 13.8. The van der Waals surface area contributed by atoms with E-state index in [4.69, 9.17) is 9.84 Å². The topological polar surface area (TPSA) is 49.8 Å². The van der Waals surface area contributed by atoms with Crippen LogP contribution < -0.4 is 9.64 Å². The molecule has 1 aliphatic rings. The molecule has 19 heavy (non-hydrogen) atoms. The van der Waals surface area contributed by atoms with Crippen LogP contribution in [0.15, 0.2) is 18.2 Å². The SMILES string of the molecule is COc1ccc(N2CCC(CC(=O)O)CC2)cc1C. The first-order valence-electron chi connectivity index (χ1n) is 6.71. The highest BCUT2D eigenvalue weighted by Gasteiger charge is 2.21. The van der Waals surface area contributed by atoms with E-state index in [2.05, 4.69) is 17.0 Å². The number of anilines is 1. The van der Waals surface area contributed by atoms with Crippen LogP contribution in [0.3, 0.4) is 0 Å². The molecule has 104 valence electrons. The summed E-state index contributed by atoms with van der Waals surface area (Å²) in [6, 6.07) is 6.20. The van der Waals surface area contributed by atoms with E-state index in [-0.39, 0.29) is 0 Å². The van der Waals surface area contributed by atoms with Gasteiger partial charge in [0.15, 0.2) is 0 Å². The molecule has 0 unspecified atom stereocenters. The molecule has 0 aliphatic carbocycles. The van der Waals surface area contributed by atoms with E-state index in [0.29, 0.717) is 12.3 Å². The summed E-state index contributed by atoms with van der Waals surface area (Å²) in [5, 5.41) is 8.82. The number of hydrogen-bond donors (Lipinski definition) is 1. The van der Waals surface area contributed by atoms with Gasteiger partial charge in [0.25, 0.3) is 0 Å². The van der Waals surface area contributed by atoms with Crippen LogP contribution in [0.2, 0.25) is 0 Å². The monoisotopic (exact) mass is 263 g/mol. The highest BCUT2D eigenvalue weighted by molar-refractivity contribution is 5.67. The molecule has 1 heterocycles. The van der Waals surface area contributed by atoms with Crippen LogP contribution >= 0.6 is 0 Å². The Kier molecular flexibility index (Phi) is 4.30. The number of carbonyl (C=O) groups is 1. The molecule has 1 fully saturated rings. The standard InChI is InChI=1S/C15H21NO3/c1-11-9-13(3-4-14(11)19-2)16-7-5-12(6-8-16)10-15(17)18/h3-4,9,12H,5-8,10H2,1-2H3,(H,17,18). The van der Waals surface area contributed by atoms with E-state index in [1.165, 1.54) is 5.69 Å². The van der Waals surface area contributed by atoms with Gasteiger partial charge < -0.3 is 14.7 Å². The Labute approximate surface area is 114 Å². The first-order chi connectivity index (χ1) is 9.10. The summed E-state index contributed by atoms with van der Waals surface area (Å²) in [6.45, 7) is 3.91. The molecule has 0 aromatic heterocycles. The van der Waals surface area contributed by atoms with E-state index in [0.717, 1.165) is 37.2 Å². The second-order valence-corrected chi connectivity index (χ2v) is 5.18. The van der Waals surface area contributed by atoms with Crippen molar-refractivity contribution in [3.8, 4) is 5.75 Å². The Bertz CT molecular complexity index is 451. The van der Waals surface area contributed by atoms with Gasteiger partial charge in [0.1, 0.15) is 5.75 Å². The minimum atomic E-state index is -0.682. The maximum absolute atomic E-state index is 10.7. The quantitative estimate of drug-likeness (QED) is 0.907. The number of hydrogen-bond acceptors (Lipinski definition) is 3. The number of carboxylic acids is 1. The minimum Gasteiger partial charge on any atom is -0.496 e. The molecule has 4 heteroatoms. The number of aliphatic carboxylic acids is 1. The maximum atomic E-state index is 10.7. The van der Waals surface area contributed by atoms with E-state index in [9.17, 15) is 4.79 Å². The van der Waals surface area contributed by atoms with Gasteiger partial charge in [-0.1, -0.05) is 0 Å². The molecule has 0 amide bonds. The molecule has 2 rings (SSSR count). The second-order valence-electron chi connectivity index (χ2n) is 5.18. The molecule has 0 spiro atoms. The number of rotatable bonds is 4. The van der Waals surface area contributed by atoms with Crippen molar-refractivity contribution >= 4 is 11.7 Å². The van der Waals surface area contributed by atoms with Gasteiger partial charge in [0.2, 0.25) is 0 Å². The maximum Gasteiger partial charge on any atom is 0.303 e. The van der Waals surface area contributed by atoms with E-state index in [1.54, 1.807) is 7.11 Å². The molecule has 1 saturated heterocycles. The molecular formula is C15H21NO3. The molecule has 1 aliphatic heterocycles. The first-order valence-corrected chi connectivity index (χ1v) is 6.71. The summed E-state index contributed by atoms with van der Waals surface area (Å²) in [6.07, 6.45) is 2.21. The van der Waals surface area contributed by atoms with Crippen molar-refractivity contribution in [2.75, 3.05) is 25.1 Å². The van der Waals surface area contributed by atoms with Crippen LogP contribution in [0.5, 0.6) is 5.75 Å². The van der Waals surface area contributed by atoms with E-state index >= 15 is 0 Å². The van der Waals surface area contributed by atoms with Gasteiger partial charge in [-0.2, -0.15) is 0 Å². The fourth-order valence-electron chi connectivity index (χ4n) is 2.70. The normalized spacial score (nSPS) is 16.4. The van der Waals surface area contributed by atoms with Crippen LogP contribution in [-0.2, 0) is 4.79 Å². The smallest absolute Gasteiger partial charge is 0.303 e. The average molecular weight is 263 g/mol. The summed E-state index contributed by atoms with van der Waals surface area (Å²) in [5.41, 5.74) is 2.33. The minimum absolute atomic E-state index is 0.301. The number of aryl methyl sites for hydroxylation is 1. The molecule has 0 bridgehead atoms. The second kappa shape index (κ2) is 5.95. The van der Waals surface area contributed by atoms with Gasteiger partial charge in [-0.15, -0.1) is 0 Å². The van der Waals surface area contributed by atoms with Crippen molar-refractivity contribution < 1.29 is 14.6 Å². The zero-order valence-electron chi connectivity index (χ0n) is 11.6. The van der Waals surface area contributed by atoms with Gasteiger partial charge in [-0.05, 0) is 49.4 Å². The van der Waals surface area contributed by atoms with Crippen LogP contribution in [0.25, 0.3) is 0 Å². The van der Waals surface area contributed by atoms with Crippen LogP contribution in [0.1, 0.15) is 24.8 Å². The first kappa shape index (κ1) is 13.7. The lowest BCUT2D eigenvalue weighted by Gasteiger charge is -2.33. The predicted molar refractivity (Wildman–Crippen MR) is 74.9 cm³/mol. The van der Waals surface area contributed by atoms with Crippen molar-refractivity contribution in [3.05, 3.63) is 23.8 Å². The van der Waals surface area contributed by atoms with Gasteiger partial charge in [-0.25, -0.2) is 0 Å². The van der Waals surface area contributed by atoms with Crippen molar-refractivity contribution in [3.63, 3.8) is 0 Å². The highest BCUT2D eigenvalue weighted by atomic mass is 16.5. The third kappa shape index (κ3) is 3.40. The number of piperidine rings is 1. The van der Waals surface area contributed by atoms with Crippen LogP contribution in [0, 0.1) is 12.8 Å². The molecular weight excluding hydrogens is 242 g/mol. The molecule has 4 nitrogen and oxygen atoms in total. The van der Waals surface area contributed by atoms with Crippen molar-refractivity contribution in [1.29, 1.82) is 0 Å². The summed E-state index contributed by atoms with van der Waals surface area (Å²) < 4.78 is 5.26. The molecule has 1 aromatic carbocycles. The number of ether oxygens (including phenoxy) is 1. The Hall–Kier alpha value is -1.71. The van der Waals surface area contributed by atoms with Crippen LogP contribution in [-0.4, -0.2) is 31.3 Å². The number of nitrogens with zero attached hydrogens (tertiary/aromatic N) is 1. The Balaban J connectivity index is 1.97. The van der Waals surface area contributed by atoms with Crippen molar-refractivity contribution in [2.45, 2.75) is 26.2 Å². The number of benzene rings is 1. The van der Waals surface area contributed by atoms with Crippen molar-refractivity contribution in [1.82, 2.24) is 0 Å². The fourth-order valence-corrected chi connectivity index (χ4v) is 2.70. The lowest BCUT2D eigenvalue weighted by Crippen LogP contribution is -2.34. The number of methoxy groups -OCH3 is 1. The highest BCUT2D eigenvalue weighted by Crippen LogP contribution is 2.28. The van der Waals surface area contributed by atoms with Crippen LogP contribution in [0.4, 0.5) is 5.69 Å². The average Bonchev–Trinajstić information content (AvgIpc) is 2.39. The molecule has 0 atom stereocenters. The largest absolute Gasteiger partial charge is 0.496 e. The summed E-state index contributed by atoms with van der Waals surface area (Å²) in [7, 11) is 1.68. The molecule has 0 radical (unpaired) electrons. The molecule has 1 N–H and O–H groups in total. The predicted octanol–water partition coefficient (Wildman–Crippen LogP) is 2.69.